The van der Waals surface area contributed by atoms with Crippen molar-refractivity contribution in [3.8, 4) is 0 Å². The van der Waals surface area contributed by atoms with Crippen molar-refractivity contribution in [3.05, 3.63) is 40.4 Å². The van der Waals surface area contributed by atoms with Crippen LogP contribution in [0.5, 0.6) is 0 Å². The third kappa shape index (κ3) is 4.94. The number of rotatable bonds is 4. The zero-order valence-corrected chi connectivity index (χ0v) is 16.0. The van der Waals surface area contributed by atoms with Gasteiger partial charge in [-0.15, -0.1) is 0 Å². The average Bonchev–Trinajstić information content (AvgIpc) is 2.54. The average molecular weight is 394 g/mol. The number of esters is 1. The molecule has 0 unspecified atom stereocenters. The summed E-state index contributed by atoms with van der Waals surface area (Å²) in [7, 11) is 0. The zero-order chi connectivity index (χ0) is 17.7. The Bertz CT molecular complexity index is 602. The smallest absolute Gasteiger partial charge is 0.331 e. The van der Waals surface area contributed by atoms with Crippen LogP contribution in [0.25, 0.3) is 6.08 Å². The normalized spacial score (nSPS) is 22.4. The van der Waals surface area contributed by atoms with Gasteiger partial charge in [-0.2, -0.15) is 0 Å². The van der Waals surface area contributed by atoms with Gasteiger partial charge in [-0.3, -0.25) is 4.79 Å². The molecule has 130 valence electrons. The molecule has 0 saturated carbocycles. The largest absolute Gasteiger partial charge is 0.449 e. The number of piperidine rings is 1. The fourth-order valence-electron chi connectivity index (χ4n) is 3.07. The van der Waals surface area contributed by atoms with Crippen molar-refractivity contribution < 1.29 is 14.3 Å². The highest BCUT2D eigenvalue weighted by Gasteiger charge is 2.32. The van der Waals surface area contributed by atoms with Gasteiger partial charge in [-0.1, -0.05) is 28.1 Å². The van der Waals surface area contributed by atoms with E-state index in [-0.39, 0.29) is 18.0 Å². The maximum absolute atomic E-state index is 12.6. The lowest BCUT2D eigenvalue weighted by Crippen LogP contribution is -2.51. The molecule has 1 saturated heterocycles. The van der Waals surface area contributed by atoms with E-state index in [4.69, 9.17) is 4.74 Å². The first-order chi connectivity index (χ1) is 11.4. The minimum absolute atomic E-state index is 0.111. The molecule has 0 aromatic heterocycles. The van der Waals surface area contributed by atoms with Gasteiger partial charge < -0.3 is 9.64 Å². The molecule has 1 fully saturated rings. The Morgan fingerprint density at radius 2 is 1.79 bits per heavy atom. The van der Waals surface area contributed by atoms with Gasteiger partial charge >= 0.3 is 5.97 Å². The fraction of sp³-hybridized carbons (Fsp3) is 0.474. The van der Waals surface area contributed by atoms with Gasteiger partial charge in [0.05, 0.1) is 0 Å². The molecule has 3 atom stereocenters. The number of ether oxygens (including phenoxy) is 1. The van der Waals surface area contributed by atoms with Crippen LogP contribution < -0.4 is 0 Å². The Labute approximate surface area is 152 Å². The maximum atomic E-state index is 12.6. The lowest BCUT2D eigenvalue weighted by Gasteiger charge is -2.40. The molecule has 1 amide bonds. The second kappa shape index (κ2) is 8.47. The number of hydrogen-bond donors (Lipinski definition) is 0. The molecule has 24 heavy (non-hydrogen) atoms. The molecule has 0 bridgehead atoms. The molecule has 1 heterocycles. The quantitative estimate of drug-likeness (QED) is 0.569. The lowest BCUT2D eigenvalue weighted by atomic mass is 9.97. The summed E-state index contributed by atoms with van der Waals surface area (Å²) >= 11 is 3.36. The first kappa shape index (κ1) is 18.7. The topological polar surface area (TPSA) is 46.6 Å². The molecule has 0 N–H and O–H groups in total. The molecule has 1 aromatic carbocycles. The zero-order valence-electron chi connectivity index (χ0n) is 14.4. The Morgan fingerprint density at radius 3 is 2.38 bits per heavy atom. The van der Waals surface area contributed by atoms with Crippen molar-refractivity contribution in [3.63, 3.8) is 0 Å². The van der Waals surface area contributed by atoms with Crippen LogP contribution in [0, 0.1) is 0 Å². The summed E-state index contributed by atoms with van der Waals surface area (Å²) in [6.07, 6.45) is 5.40. The number of likely N-dealkylation sites (tertiary alicyclic amines) is 1. The number of amides is 1. The van der Waals surface area contributed by atoms with Crippen LogP contribution in [-0.2, 0) is 14.3 Å². The predicted molar refractivity (Wildman–Crippen MR) is 98.4 cm³/mol. The molecule has 4 nitrogen and oxygen atoms in total. The molecule has 5 heteroatoms. The van der Waals surface area contributed by atoms with Crippen molar-refractivity contribution in [1.82, 2.24) is 4.90 Å². The number of halogens is 1. The Morgan fingerprint density at radius 1 is 1.21 bits per heavy atom. The minimum atomic E-state index is -0.768. The van der Waals surface area contributed by atoms with E-state index in [0.717, 1.165) is 29.3 Å². The van der Waals surface area contributed by atoms with E-state index in [2.05, 4.69) is 29.8 Å². The summed E-state index contributed by atoms with van der Waals surface area (Å²) in [5.74, 6) is -0.615. The van der Waals surface area contributed by atoms with E-state index < -0.39 is 12.1 Å². The summed E-state index contributed by atoms with van der Waals surface area (Å²) in [5.41, 5.74) is 0.896. The van der Waals surface area contributed by atoms with Crippen molar-refractivity contribution in [2.24, 2.45) is 0 Å². The highest BCUT2D eigenvalue weighted by Crippen LogP contribution is 2.23. The van der Waals surface area contributed by atoms with E-state index in [0.29, 0.717) is 0 Å². The highest BCUT2D eigenvalue weighted by molar-refractivity contribution is 9.10. The molecule has 0 radical (unpaired) electrons. The van der Waals surface area contributed by atoms with Gasteiger partial charge in [-0.25, -0.2) is 4.79 Å². The summed E-state index contributed by atoms with van der Waals surface area (Å²) in [4.78, 5) is 26.4. The van der Waals surface area contributed by atoms with Crippen LogP contribution in [0.2, 0.25) is 0 Å². The van der Waals surface area contributed by atoms with Crippen LogP contribution in [0.1, 0.15) is 45.6 Å². The van der Waals surface area contributed by atoms with E-state index in [9.17, 15) is 9.59 Å². The standard InChI is InChI=1S/C19H24BrNO3/c1-13-5-4-6-14(2)21(13)19(23)15(3)24-18(22)12-9-16-7-10-17(20)11-8-16/h7-15H,4-6H2,1-3H3/b12-9+/t13-,14+,15-/m1/s1. The van der Waals surface area contributed by atoms with Gasteiger partial charge in [-0.05, 0) is 63.8 Å². The summed E-state index contributed by atoms with van der Waals surface area (Å²) in [6.45, 7) is 5.74. The molecular weight excluding hydrogens is 370 g/mol. The predicted octanol–water partition coefficient (Wildman–Crippen LogP) is 4.18. The first-order valence-electron chi connectivity index (χ1n) is 8.35. The second-order valence-corrected chi connectivity index (χ2v) is 7.25. The first-order valence-corrected chi connectivity index (χ1v) is 9.14. The van der Waals surface area contributed by atoms with Crippen molar-refractivity contribution in [2.45, 2.75) is 58.2 Å². The number of hydrogen-bond acceptors (Lipinski definition) is 3. The Kier molecular flexibility index (Phi) is 6.60. The van der Waals surface area contributed by atoms with E-state index in [1.165, 1.54) is 6.08 Å². The molecule has 0 spiro atoms. The number of nitrogens with zero attached hydrogens (tertiary/aromatic N) is 1. The summed E-state index contributed by atoms with van der Waals surface area (Å²) in [5, 5.41) is 0. The summed E-state index contributed by atoms with van der Waals surface area (Å²) in [6, 6.07) is 7.97. The van der Waals surface area contributed by atoms with Gasteiger partial charge in [0.1, 0.15) is 0 Å². The Balaban J connectivity index is 1.92. The maximum Gasteiger partial charge on any atom is 0.331 e. The van der Waals surface area contributed by atoms with Crippen LogP contribution in [0.15, 0.2) is 34.8 Å². The number of carbonyl (C=O) groups is 2. The molecular formula is C19H24BrNO3. The number of benzene rings is 1. The van der Waals surface area contributed by atoms with Gasteiger partial charge in [0.15, 0.2) is 6.10 Å². The van der Waals surface area contributed by atoms with Gasteiger partial charge in [0.2, 0.25) is 0 Å². The molecule has 1 aromatic rings. The van der Waals surface area contributed by atoms with Crippen LogP contribution in [-0.4, -0.2) is 35.0 Å². The number of carbonyl (C=O) groups excluding carboxylic acids is 2. The highest BCUT2D eigenvalue weighted by atomic mass is 79.9. The monoisotopic (exact) mass is 393 g/mol. The van der Waals surface area contributed by atoms with Crippen LogP contribution >= 0.6 is 15.9 Å². The molecule has 2 rings (SSSR count). The SMILES string of the molecule is C[C@@H]1CCC[C@H](C)N1C(=O)[C@@H](C)OC(=O)/C=C/c1ccc(Br)cc1. The van der Waals surface area contributed by atoms with Crippen molar-refractivity contribution in [1.29, 1.82) is 0 Å². The van der Waals surface area contributed by atoms with Crippen molar-refractivity contribution >= 4 is 33.9 Å². The third-order valence-electron chi connectivity index (χ3n) is 4.37. The second-order valence-electron chi connectivity index (χ2n) is 6.34. The van der Waals surface area contributed by atoms with E-state index in [1.54, 1.807) is 13.0 Å². The Hall–Kier alpha value is -1.62. The fourth-order valence-corrected chi connectivity index (χ4v) is 3.33. The van der Waals surface area contributed by atoms with E-state index >= 15 is 0 Å². The lowest BCUT2D eigenvalue weighted by molar-refractivity contribution is -0.158. The summed E-state index contributed by atoms with van der Waals surface area (Å²) < 4.78 is 6.26. The van der Waals surface area contributed by atoms with Crippen LogP contribution in [0.4, 0.5) is 0 Å². The third-order valence-corrected chi connectivity index (χ3v) is 4.90. The molecule has 1 aliphatic rings. The molecule has 0 aliphatic carbocycles. The van der Waals surface area contributed by atoms with Crippen molar-refractivity contribution in [2.75, 3.05) is 0 Å². The minimum Gasteiger partial charge on any atom is -0.449 e. The van der Waals surface area contributed by atoms with Gasteiger partial charge in [0.25, 0.3) is 5.91 Å². The van der Waals surface area contributed by atoms with E-state index in [1.807, 2.05) is 29.2 Å². The van der Waals surface area contributed by atoms with Crippen LogP contribution in [0.3, 0.4) is 0 Å². The van der Waals surface area contributed by atoms with Gasteiger partial charge in [0, 0.05) is 22.6 Å². The molecule has 1 aliphatic heterocycles.